The molecule has 7 nitrogen and oxygen atoms in total. The molecule has 0 fully saturated rings. The van der Waals surface area contributed by atoms with Gasteiger partial charge in [-0.15, -0.1) is 0 Å². The zero-order chi connectivity index (χ0) is 23.8. The van der Waals surface area contributed by atoms with E-state index < -0.39 is 17.7 Å². The third-order valence-electron chi connectivity index (χ3n) is 5.14. The lowest BCUT2D eigenvalue weighted by molar-refractivity contribution is -0.160. The summed E-state index contributed by atoms with van der Waals surface area (Å²) in [4.78, 5) is 17.0. The van der Waals surface area contributed by atoms with Crippen LogP contribution in [-0.4, -0.2) is 31.3 Å². The third kappa shape index (κ3) is 4.47. The number of fused-ring (bicyclic) bond motifs is 1. The normalized spacial score (nSPS) is 12.5. The SMILES string of the molecule is Cc1nc2cc(-c3ccccc3)nn2c(-c2ccc(C#N)cc2)c1C(OC(C)(C)C)C(=O)O. The van der Waals surface area contributed by atoms with Gasteiger partial charge in [-0.25, -0.2) is 14.3 Å². The molecule has 4 aromatic rings. The van der Waals surface area contributed by atoms with Gasteiger partial charge in [0.05, 0.1) is 28.6 Å². The van der Waals surface area contributed by atoms with Crippen LogP contribution in [0.3, 0.4) is 0 Å². The van der Waals surface area contributed by atoms with Crippen LogP contribution >= 0.6 is 0 Å². The van der Waals surface area contributed by atoms with Gasteiger partial charge in [-0.05, 0) is 39.8 Å². The van der Waals surface area contributed by atoms with E-state index in [0.717, 1.165) is 11.3 Å². The lowest BCUT2D eigenvalue weighted by Crippen LogP contribution is -2.29. The van der Waals surface area contributed by atoms with Crippen molar-refractivity contribution in [1.29, 1.82) is 5.26 Å². The number of nitriles is 1. The molecule has 0 saturated carbocycles. The van der Waals surface area contributed by atoms with Gasteiger partial charge < -0.3 is 9.84 Å². The van der Waals surface area contributed by atoms with Crippen LogP contribution in [0.4, 0.5) is 0 Å². The Kier molecular flexibility index (Phi) is 5.71. The molecule has 1 N–H and O–H groups in total. The first kappa shape index (κ1) is 22.2. The standard InChI is InChI=1S/C26H24N4O3/c1-16-22(24(25(31)32)33-26(2,3)4)23(19-12-10-17(15-27)11-13-19)30-21(28-16)14-20(29-30)18-8-6-5-7-9-18/h5-14,24H,1-4H3,(H,31,32). The van der Waals surface area contributed by atoms with Crippen molar-refractivity contribution in [2.45, 2.75) is 39.4 Å². The predicted octanol–water partition coefficient (Wildman–Crippen LogP) is 5.18. The highest BCUT2D eigenvalue weighted by Gasteiger charge is 2.33. The second-order valence-corrected chi connectivity index (χ2v) is 8.76. The number of hydrogen-bond donors (Lipinski definition) is 1. The number of aliphatic carboxylic acids is 1. The van der Waals surface area contributed by atoms with Gasteiger partial charge in [-0.2, -0.15) is 10.4 Å². The van der Waals surface area contributed by atoms with Crippen molar-refractivity contribution < 1.29 is 14.6 Å². The van der Waals surface area contributed by atoms with Gasteiger partial charge in [0.15, 0.2) is 11.8 Å². The topological polar surface area (TPSA) is 101 Å². The number of nitrogens with zero attached hydrogens (tertiary/aromatic N) is 4. The molecule has 0 saturated heterocycles. The van der Waals surface area contributed by atoms with Crippen molar-refractivity contribution in [3.63, 3.8) is 0 Å². The molecule has 33 heavy (non-hydrogen) atoms. The minimum Gasteiger partial charge on any atom is -0.479 e. The largest absolute Gasteiger partial charge is 0.479 e. The van der Waals surface area contributed by atoms with Crippen LogP contribution < -0.4 is 0 Å². The first-order valence-corrected chi connectivity index (χ1v) is 10.5. The van der Waals surface area contributed by atoms with Gasteiger partial charge in [0, 0.05) is 28.5 Å². The summed E-state index contributed by atoms with van der Waals surface area (Å²) in [5, 5.41) is 24.1. The van der Waals surface area contributed by atoms with E-state index in [4.69, 9.17) is 9.84 Å². The predicted molar refractivity (Wildman–Crippen MR) is 125 cm³/mol. The summed E-state index contributed by atoms with van der Waals surface area (Å²) < 4.78 is 7.64. The summed E-state index contributed by atoms with van der Waals surface area (Å²) in [6.07, 6.45) is -1.25. The summed E-state index contributed by atoms with van der Waals surface area (Å²) in [7, 11) is 0. The third-order valence-corrected chi connectivity index (χ3v) is 5.14. The van der Waals surface area contributed by atoms with Gasteiger partial charge in [-0.3, -0.25) is 0 Å². The fraction of sp³-hybridized carbons (Fsp3) is 0.231. The molecule has 1 unspecified atom stereocenters. The number of benzene rings is 2. The lowest BCUT2D eigenvalue weighted by Gasteiger charge is -2.27. The minimum atomic E-state index is -1.25. The Morgan fingerprint density at radius 3 is 2.33 bits per heavy atom. The number of hydrogen-bond acceptors (Lipinski definition) is 5. The number of carbonyl (C=O) groups is 1. The van der Waals surface area contributed by atoms with Crippen molar-refractivity contribution in [3.8, 4) is 28.6 Å². The Bertz CT molecular complexity index is 1360. The van der Waals surface area contributed by atoms with Crippen LogP contribution in [0.5, 0.6) is 0 Å². The lowest BCUT2D eigenvalue weighted by atomic mass is 9.98. The average molecular weight is 441 g/mol. The Balaban J connectivity index is 2.04. The van der Waals surface area contributed by atoms with Crippen molar-refractivity contribution >= 4 is 11.6 Å². The van der Waals surface area contributed by atoms with Crippen molar-refractivity contribution in [3.05, 3.63) is 77.5 Å². The van der Waals surface area contributed by atoms with Crippen LogP contribution in [0.25, 0.3) is 28.2 Å². The molecule has 2 heterocycles. The average Bonchev–Trinajstić information content (AvgIpc) is 3.20. The summed E-state index contributed by atoms with van der Waals surface area (Å²) in [5.74, 6) is -1.11. The maximum atomic E-state index is 12.4. The quantitative estimate of drug-likeness (QED) is 0.459. The van der Waals surface area contributed by atoms with Gasteiger partial charge in [-0.1, -0.05) is 42.5 Å². The molecule has 7 heteroatoms. The smallest absolute Gasteiger partial charge is 0.337 e. The number of rotatable bonds is 5. The fourth-order valence-electron chi connectivity index (χ4n) is 3.76. The molecule has 0 aliphatic carbocycles. The van der Waals surface area contributed by atoms with Gasteiger partial charge in [0.2, 0.25) is 0 Å². The summed E-state index contributed by atoms with van der Waals surface area (Å²) in [5.41, 5.74) is 4.29. The van der Waals surface area contributed by atoms with E-state index in [9.17, 15) is 15.2 Å². The molecule has 0 aliphatic rings. The highest BCUT2D eigenvalue weighted by Crippen LogP contribution is 2.36. The molecule has 0 radical (unpaired) electrons. The van der Waals surface area contributed by atoms with E-state index in [0.29, 0.717) is 33.7 Å². The summed E-state index contributed by atoms with van der Waals surface area (Å²) >= 11 is 0. The molecule has 0 spiro atoms. The molecule has 2 aromatic carbocycles. The molecule has 166 valence electrons. The molecule has 2 aromatic heterocycles. The summed E-state index contributed by atoms with van der Waals surface area (Å²) in [6.45, 7) is 7.22. The molecule has 4 rings (SSSR count). The van der Waals surface area contributed by atoms with Crippen LogP contribution in [0.2, 0.25) is 0 Å². The second-order valence-electron chi connectivity index (χ2n) is 8.76. The Morgan fingerprint density at radius 2 is 1.76 bits per heavy atom. The van der Waals surface area contributed by atoms with E-state index in [1.165, 1.54) is 0 Å². The monoisotopic (exact) mass is 440 g/mol. The highest BCUT2D eigenvalue weighted by molar-refractivity contribution is 5.81. The highest BCUT2D eigenvalue weighted by atomic mass is 16.5. The van der Waals surface area contributed by atoms with Crippen molar-refractivity contribution in [2.75, 3.05) is 0 Å². The van der Waals surface area contributed by atoms with Crippen LogP contribution in [-0.2, 0) is 9.53 Å². The number of ether oxygens (including phenoxy) is 1. The van der Waals surface area contributed by atoms with Crippen LogP contribution in [0.1, 0.15) is 43.7 Å². The van der Waals surface area contributed by atoms with E-state index >= 15 is 0 Å². The fourth-order valence-corrected chi connectivity index (χ4v) is 3.76. The first-order valence-electron chi connectivity index (χ1n) is 10.5. The van der Waals surface area contributed by atoms with Crippen LogP contribution in [0, 0.1) is 18.3 Å². The van der Waals surface area contributed by atoms with Gasteiger partial charge in [0.25, 0.3) is 0 Å². The first-order chi connectivity index (χ1) is 15.7. The molecular formula is C26H24N4O3. The van der Waals surface area contributed by atoms with Crippen LogP contribution in [0.15, 0.2) is 60.7 Å². The van der Waals surface area contributed by atoms with Gasteiger partial charge >= 0.3 is 5.97 Å². The number of aromatic nitrogens is 3. The van der Waals surface area contributed by atoms with E-state index in [1.807, 2.05) is 57.2 Å². The number of aryl methyl sites for hydroxylation is 1. The maximum Gasteiger partial charge on any atom is 0.337 e. The van der Waals surface area contributed by atoms with E-state index in [1.54, 1.807) is 35.7 Å². The molecule has 0 aliphatic heterocycles. The maximum absolute atomic E-state index is 12.4. The Hall–Kier alpha value is -4.02. The van der Waals surface area contributed by atoms with Gasteiger partial charge in [0.1, 0.15) is 0 Å². The summed E-state index contributed by atoms with van der Waals surface area (Å²) in [6, 6.07) is 20.7. The Morgan fingerprint density at radius 1 is 1.09 bits per heavy atom. The second kappa shape index (κ2) is 8.49. The molecular weight excluding hydrogens is 416 g/mol. The van der Waals surface area contributed by atoms with Crippen molar-refractivity contribution in [2.24, 2.45) is 0 Å². The Labute approximate surface area is 191 Å². The molecule has 0 amide bonds. The van der Waals surface area contributed by atoms with E-state index in [-0.39, 0.29) is 0 Å². The number of carboxylic acids is 1. The molecule has 1 atom stereocenters. The number of carboxylic acid groups (broad SMARTS) is 1. The molecule has 0 bridgehead atoms. The zero-order valence-electron chi connectivity index (χ0n) is 18.9. The van der Waals surface area contributed by atoms with Crippen molar-refractivity contribution in [1.82, 2.24) is 14.6 Å². The van der Waals surface area contributed by atoms with E-state index in [2.05, 4.69) is 11.1 Å². The minimum absolute atomic E-state index is 0.428. The zero-order valence-corrected chi connectivity index (χ0v) is 18.9.